The molecular formula is C5H7ClF3NO2. The first-order chi connectivity index (χ1) is 5.33. The van der Waals surface area contributed by atoms with E-state index in [2.05, 4.69) is 4.84 Å². The third kappa shape index (κ3) is 6.23. The molecule has 0 spiro atoms. The van der Waals surface area contributed by atoms with E-state index in [9.17, 15) is 18.0 Å². The van der Waals surface area contributed by atoms with Crippen molar-refractivity contribution in [3.8, 4) is 0 Å². The van der Waals surface area contributed by atoms with E-state index in [-0.39, 0.29) is 0 Å². The quantitative estimate of drug-likeness (QED) is 0.556. The van der Waals surface area contributed by atoms with Gasteiger partial charge in [0, 0.05) is 0 Å². The second-order valence-corrected chi connectivity index (χ2v) is 2.64. The van der Waals surface area contributed by atoms with Crippen LogP contribution in [0, 0.1) is 0 Å². The van der Waals surface area contributed by atoms with E-state index in [1.54, 1.807) is 5.48 Å². The fourth-order valence-corrected chi connectivity index (χ4v) is 0.315. The fraction of sp³-hybridized carbons (Fsp3) is 0.800. The summed E-state index contributed by atoms with van der Waals surface area (Å²) in [4.78, 5) is 14.3. The zero-order chi connectivity index (χ0) is 9.78. The van der Waals surface area contributed by atoms with Crippen LogP contribution in [0.15, 0.2) is 0 Å². The van der Waals surface area contributed by atoms with Gasteiger partial charge in [-0.15, -0.1) is 11.6 Å². The molecule has 72 valence electrons. The molecule has 1 unspecified atom stereocenters. The molecule has 0 aromatic carbocycles. The van der Waals surface area contributed by atoms with E-state index >= 15 is 0 Å². The van der Waals surface area contributed by atoms with Gasteiger partial charge in [0.15, 0.2) is 6.61 Å². The lowest BCUT2D eigenvalue weighted by atomic mass is 10.5. The molecule has 0 aromatic rings. The predicted molar refractivity (Wildman–Crippen MR) is 35.5 cm³/mol. The van der Waals surface area contributed by atoms with Crippen LogP contribution in [0.25, 0.3) is 0 Å². The van der Waals surface area contributed by atoms with Crippen LogP contribution in [0.2, 0.25) is 0 Å². The molecule has 0 heterocycles. The summed E-state index contributed by atoms with van der Waals surface area (Å²) in [6, 6.07) is 0. The summed E-state index contributed by atoms with van der Waals surface area (Å²) in [5.74, 6) is -0.805. The highest BCUT2D eigenvalue weighted by Crippen LogP contribution is 2.13. The number of carbonyl (C=O) groups excluding carboxylic acids is 1. The first-order valence-electron chi connectivity index (χ1n) is 2.95. The lowest BCUT2D eigenvalue weighted by molar-refractivity contribution is -0.191. The maximum Gasteiger partial charge on any atom is 0.414 e. The molecule has 0 saturated carbocycles. The van der Waals surface area contributed by atoms with Gasteiger partial charge in [0.25, 0.3) is 5.91 Å². The molecule has 7 heteroatoms. The molecule has 1 amide bonds. The van der Waals surface area contributed by atoms with E-state index in [1.807, 2.05) is 0 Å². The third-order valence-corrected chi connectivity index (χ3v) is 0.968. The Balaban J connectivity index is 3.51. The number of hydrogen-bond acceptors (Lipinski definition) is 2. The summed E-state index contributed by atoms with van der Waals surface area (Å²) in [5.41, 5.74) is 1.55. The number of amides is 1. The molecular weight excluding hydrogens is 199 g/mol. The summed E-state index contributed by atoms with van der Waals surface area (Å²) >= 11 is 5.20. The van der Waals surface area contributed by atoms with Gasteiger partial charge in [-0.05, 0) is 6.92 Å². The van der Waals surface area contributed by atoms with Crippen LogP contribution >= 0.6 is 11.6 Å². The minimum atomic E-state index is -4.46. The smallest absolute Gasteiger partial charge is 0.271 e. The van der Waals surface area contributed by atoms with Crippen LogP contribution in [-0.4, -0.2) is 24.1 Å². The first kappa shape index (κ1) is 11.5. The van der Waals surface area contributed by atoms with E-state index < -0.39 is 24.1 Å². The highest BCUT2D eigenvalue weighted by molar-refractivity contribution is 6.30. The van der Waals surface area contributed by atoms with Crippen LogP contribution < -0.4 is 5.48 Å². The van der Waals surface area contributed by atoms with E-state index in [1.165, 1.54) is 6.92 Å². The second-order valence-electron chi connectivity index (χ2n) is 1.99. The second kappa shape index (κ2) is 4.51. The summed E-state index contributed by atoms with van der Waals surface area (Å²) in [5, 5.41) is -0.918. The third-order valence-electron chi connectivity index (χ3n) is 0.770. The van der Waals surface area contributed by atoms with Crippen molar-refractivity contribution >= 4 is 17.5 Å². The van der Waals surface area contributed by atoms with Gasteiger partial charge in [0.05, 0.1) is 0 Å². The summed E-state index contributed by atoms with van der Waals surface area (Å²) in [6.07, 6.45) is -4.46. The number of halogens is 4. The molecule has 3 nitrogen and oxygen atoms in total. The Bertz CT molecular complexity index is 159. The number of hydroxylamine groups is 1. The van der Waals surface area contributed by atoms with Gasteiger partial charge in [-0.25, -0.2) is 5.48 Å². The van der Waals surface area contributed by atoms with Crippen LogP contribution in [0.4, 0.5) is 13.2 Å². The molecule has 0 aromatic heterocycles. The number of hydrogen-bond donors (Lipinski definition) is 1. The molecule has 12 heavy (non-hydrogen) atoms. The highest BCUT2D eigenvalue weighted by Gasteiger charge is 2.28. The average molecular weight is 206 g/mol. The Hall–Kier alpha value is -0.490. The molecule has 1 N–H and O–H groups in total. The maximum absolute atomic E-state index is 11.4. The van der Waals surface area contributed by atoms with Crippen molar-refractivity contribution in [2.24, 2.45) is 0 Å². The maximum atomic E-state index is 11.4. The normalized spacial score (nSPS) is 14.1. The largest absolute Gasteiger partial charge is 0.414 e. The van der Waals surface area contributed by atoms with E-state index in [0.717, 1.165) is 0 Å². The molecule has 1 atom stereocenters. The van der Waals surface area contributed by atoms with Gasteiger partial charge in [-0.3, -0.25) is 9.63 Å². The van der Waals surface area contributed by atoms with Crippen molar-refractivity contribution in [2.75, 3.05) is 6.61 Å². The number of alkyl halides is 4. The van der Waals surface area contributed by atoms with Crippen LogP contribution in [0.5, 0.6) is 0 Å². The number of nitrogens with one attached hydrogen (secondary N) is 1. The van der Waals surface area contributed by atoms with Crippen molar-refractivity contribution < 1.29 is 22.8 Å². The van der Waals surface area contributed by atoms with Gasteiger partial charge in [0.1, 0.15) is 5.38 Å². The van der Waals surface area contributed by atoms with Crippen molar-refractivity contribution in [2.45, 2.75) is 18.5 Å². The van der Waals surface area contributed by atoms with Crippen molar-refractivity contribution in [1.82, 2.24) is 5.48 Å². The predicted octanol–water partition coefficient (Wildman–Crippen LogP) is 1.22. The molecule has 0 rings (SSSR count). The average Bonchev–Trinajstić information content (AvgIpc) is 1.84. The number of rotatable bonds is 3. The van der Waals surface area contributed by atoms with Gasteiger partial charge >= 0.3 is 6.18 Å². The molecule has 0 aliphatic heterocycles. The van der Waals surface area contributed by atoms with Gasteiger partial charge < -0.3 is 0 Å². The van der Waals surface area contributed by atoms with Crippen molar-refractivity contribution in [3.05, 3.63) is 0 Å². The molecule has 0 aliphatic carbocycles. The zero-order valence-electron chi connectivity index (χ0n) is 6.11. The highest BCUT2D eigenvalue weighted by atomic mass is 35.5. The zero-order valence-corrected chi connectivity index (χ0v) is 6.87. The Morgan fingerprint density at radius 2 is 2.17 bits per heavy atom. The lowest BCUT2D eigenvalue weighted by Gasteiger charge is -2.08. The van der Waals surface area contributed by atoms with Crippen molar-refractivity contribution in [1.29, 1.82) is 0 Å². The minimum absolute atomic E-state index is 0.805. The monoisotopic (exact) mass is 205 g/mol. The fourth-order valence-electron chi connectivity index (χ4n) is 0.270. The molecule has 0 saturated heterocycles. The van der Waals surface area contributed by atoms with Crippen LogP contribution in [0.1, 0.15) is 6.92 Å². The number of carbonyl (C=O) groups is 1. The summed E-state index contributed by atoms with van der Waals surface area (Å²) in [7, 11) is 0. The SMILES string of the molecule is CC(Cl)C(=O)NOCC(F)(F)F. The van der Waals surface area contributed by atoms with E-state index in [4.69, 9.17) is 11.6 Å². The topological polar surface area (TPSA) is 38.3 Å². The van der Waals surface area contributed by atoms with Crippen LogP contribution in [-0.2, 0) is 9.63 Å². The molecule has 0 fully saturated rings. The molecule has 0 aliphatic rings. The first-order valence-corrected chi connectivity index (χ1v) is 3.39. The Kier molecular flexibility index (Phi) is 4.33. The van der Waals surface area contributed by atoms with Gasteiger partial charge in [-0.1, -0.05) is 0 Å². The van der Waals surface area contributed by atoms with Gasteiger partial charge in [0.2, 0.25) is 0 Å². The molecule has 0 bridgehead atoms. The molecule has 0 radical (unpaired) electrons. The van der Waals surface area contributed by atoms with Gasteiger partial charge in [-0.2, -0.15) is 13.2 Å². The summed E-state index contributed by atoms with van der Waals surface area (Å²) < 4.78 is 34.2. The van der Waals surface area contributed by atoms with Crippen LogP contribution in [0.3, 0.4) is 0 Å². The van der Waals surface area contributed by atoms with E-state index in [0.29, 0.717) is 0 Å². The lowest BCUT2D eigenvalue weighted by Crippen LogP contribution is -2.33. The standard InChI is InChI=1S/C5H7ClF3NO2/c1-3(6)4(11)10-12-2-5(7,8)9/h3H,2H2,1H3,(H,10,11). The Morgan fingerprint density at radius 1 is 1.67 bits per heavy atom. The van der Waals surface area contributed by atoms with Crippen molar-refractivity contribution in [3.63, 3.8) is 0 Å². The summed E-state index contributed by atoms with van der Waals surface area (Å²) in [6.45, 7) is -0.212. The Labute approximate surface area is 71.8 Å². The minimum Gasteiger partial charge on any atom is -0.271 e. The Morgan fingerprint density at radius 3 is 2.50 bits per heavy atom.